The maximum Gasteiger partial charge on any atom is 0.338 e. The molecule has 0 spiro atoms. The Kier molecular flexibility index (Phi) is 2.07. The predicted octanol–water partition coefficient (Wildman–Crippen LogP) is 0.681. The summed E-state index contributed by atoms with van der Waals surface area (Å²) in [5, 5.41) is 19.1. The van der Waals surface area contributed by atoms with E-state index in [2.05, 4.69) is 0 Å². The van der Waals surface area contributed by atoms with Gasteiger partial charge in [-0.15, -0.1) is 0 Å². The third-order valence-corrected chi connectivity index (χ3v) is 2.62. The molecule has 1 aliphatic heterocycles. The largest absolute Gasteiger partial charge is 0.507 e. The summed E-state index contributed by atoms with van der Waals surface area (Å²) in [6, 6.07) is 0. The molecule has 2 aliphatic rings. The van der Waals surface area contributed by atoms with Gasteiger partial charge in [-0.05, 0) is 19.4 Å². The SMILES string of the molecule is CC1CC2C(=C(O)C=CC2O)C(=O)O1. The van der Waals surface area contributed by atoms with Crippen molar-refractivity contribution in [3.05, 3.63) is 23.5 Å². The summed E-state index contributed by atoms with van der Waals surface area (Å²) < 4.78 is 4.97. The maximum absolute atomic E-state index is 11.4. The predicted molar refractivity (Wildman–Crippen MR) is 48.5 cm³/mol. The van der Waals surface area contributed by atoms with Crippen molar-refractivity contribution in [3.63, 3.8) is 0 Å². The number of rotatable bonds is 0. The van der Waals surface area contributed by atoms with Crippen molar-refractivity contribution in [1.82, 2.24) is 0 Å². The van der Waals surface area contributed by atoms with Crippen molar-refractivity contribution < 1.29 is 19.7 Å². The first-order valence-corrected chi connectivity index (χ1v) is 4.60. The molecule has 2 N–H and O–H groups in total. The molecule has 0 saturated carbocycles. The highest BCUT2D eigenvalue weighted by Crippen LogP contribution is 2.34. The second kappa shape index (κ2) is 3.13. The fourth-order valence-corrected chi connectivity index (χ4v) is 1.94. The first kappa shape index (κ1) is 9.27. The quantitative estimate of drug-likeness (QED) is 0.559. The molecule has 1 saturated heterocycles. The smallest absolute Gasteiger partial charge is 0.338 e. The van der Waals surface area contributed by atoms with Gasteiger partial charge >= 0.3 is 5.97 Å². The van der Waals surface area contributed by atoms with E-state index < -0.39 is 12.1 Å². The van der Waals surface area contributed by atoms with Crippen LogP contribution < -0.4 is 0 Å². The van der Waals surface area contributed by atoms with Crippen molar-refractivity contribution in [2.24, 2.45) is 5.92 Å². The van der Waals surface area contributed by atoms with Gasteiger partial charge in [0.25, 0.3) is 0 Å². The number of aliphatic hydroxyl groups is 2. The Morgan fingerprint density at radius 1 is 1.57 bits per heavy atom. The highest BCUT2D eigenvalue weighted by Gasteiger charge is 2.38. The van der Waals surface area contributed by atoms with Gasteiger partial charge in [-0.1, -0.05) is 6.08 Å². The molecule has 0 amide bonds. The average molecular weight is 196 g/mol. The van der Waals surface area contributed by atoms with Crippen LogP contribution >= 0.6 is 0 Å². The van der Waals surface area contributed by atoms with E-state index in [0.717, 1.165) is 0 Å². The normalized spacial score (nSPS) is 36.7. The van der Waals surface area contributed by atoms with Crippen molar-refractivity contribution in [1.29, 1.82) is 0 Å². The lowest BCUT2D eigenvalue weighted by atomic mass is 9.82. The number of aliphatic hydroxyl groups excluding tert-OH is 2. The van der Waals surface area contributed by atoms with Crippen LogP contribution in [0, 0.1) is 5.92 Å². The first-order chi connectivity index (χ1) is 6.59. The molecule has 1 aliphatic carbocycles. The fourth-order valence-electron chi connectivity index (χ4n) is 1.94. The lowest BCUT2D eigenvalue weighted by Crippen LogP contribution is -2.38. The molecular weight excluding hydrogens is 184 g/mol. The molecule has 0 aromatic carbocycles. The number of ether oxygens (including phenoxy) is 1. The van der Waals surface area contributed by atoms with E-state index in [9.17, 15) is 15.0 Å². The molecule has 4 nitrogen and oxygen atoms in total. The number of allylic oxidation sites excluding steroid dienone is 1. The van der Waals surface area contributed by atoms with Gasteiger partial charge in [-0.3, -0.25) is 0 Å². The minimum absolute atomic E-state index is 0.0859. The molecule has 1 heterocycles. The lowest BCUT2D eigenvalue weighted by Gasteiger charge is -2.33. The van der Waals surface area contributed by atoms with Gasteiger partial charge in [-0.25, -0.2) is 4.79 Å². The van der Waals surface area contributed by atoms with E-state index in [0.29, 0.717) is 6.42 Å². The molecule has 0 bridgehead atoms. The molecule has 0 aromatic heterocycles. The molecule has 0 radical (unpaired) electrons. The van der Waals surface area contributed by atoms with Gasteiger partial charge in [-0.2, -0.15) is 0 Å². The van der Waals surface area contributed by atoms with Crippen molar-refractivity contribution in [2.45, 2.75) is 25.6 Å². The summed E-state index contributed by atoms with van der Waals surface area (Å²) in [5.74, 6) is -0.928. The van der Waals surface area contributed by atoms with Crippen LogP contribution in [0.2, 0.25) is 0 Å². The standard InChI is InChI=1S/C10H12O4/c1-5-4-6-7(11)2-3-8(12)9(6)10(13)14-5/h2-3,5-7,11-12H,4H2,1H3. The van der Waals surface area contributed by atoms with Crippen LogP contribution in [0.15, 0.2) is 23.5 Å². The number of esters is 1. The Morgan fingerprint density at radius 3 is 3.00 bits per heavy atom. The van der Waals surface area contributed by atoms with Crippen LogP contribution in [-0.4, -0.2) is 28.4 Å². The second-order valence-corrected chi connectivity index (χ2v) is 3.71. The molecule has 3 atom stereocenters. The van der Waals surface area contributed by atoms with Gasteiger partial charge in [0.05, 0.1) is 11.7 Å². The van der Waals surface area contributed by atoms with Crippen LogP contribution in [0.3, 0.4) is 0 Å². The number of carbonyl (C=O) groups is 1. The topological polar surface area (TPSA) is 66.8 Å². The zero-order valence-electron chi connectivity index (χ0n) is 7.80. The highest BCUT2D eigenvalue weighted by molar-refractivity contribution is 5.91. The van der Waals surface area contributed by atoms with E-state index in [-0.39, 0.29) is 23.4 Å². The molecule has 76 valence electrons. The molecule has 4 heteroatoms. The molecule has 14 heavy (non-hydrogen) atoms. The number of hydrogen-bond acceptors (Lipinski definition) is 4. The fraction of sp³-hybridized carbons (Fsp3) is 0.500. The van der Waals surface area contributed by atoms with Crippen molar-refractivity contribution >= 4 is 5.97 Å². The molecular formula is C10H12O4. The van der Waals surface area contributed by atoms with Gasteiger partial charge in [0, 0.05) is 5.92 Å². The second-order valence-electron chi connectivity index (χ2n) is 3.71. The Labute approximate surface area is 81.5 Å². The van der Waals surface area contributed by atoms with E-state index >= 15 is 0 Å². The summed E-state index contributed by atoms with van der Waals surface area (Å²) >= 11 is 0. The first-order valence-electron chi connectivity index (χ1n) is 4.60. The summed E-state index contributed by atoms with van der Waals surface area (Å²) in [5.41, 5.74) is 0.207. The third kappa shape index (κ3) is 1.32. The molecule has 0 aromatic rings. The number of carbonyl (C=O) groups excluding carboxylic acids is 1. The van der Waals surface area contributed by atoms with Gasteiger partial charge in [0.2, 0.25) is 0 Å². The van der Waals surface area contributed by atoms with Crippen LogP contribution in [0.25, 0.3) is 0 Å². The maximum atomic E-state index is 11.4. The lowest BCUT2D eigenvalue weighted by molar-refractivity contribution is -0.150. The van der Waals surface area contributed by atoms with Crippen molar-refractivity contribution in [2.75, 3.05) is 0 Å². The Balaban J connectivity index is 2.38. The van der Waals surface area contributed by atoms with Gasteiger partial charge in [0.15, 0.2) is 0 Å². The summed E-state index contributed by atoms with van der Waals surface area (Å²) in [7, 11) is 0. The van der Waals surface area contributed by atoms with E-state index in [1.54, 1.807) is 6.92 Å². The number of fused-ring (bicyclic) bond motifs is 1. The van der Waals surface area contributed by atoms with E-state index in [1.807, 2.05) is 0 Å². The van der Waals surface area contributed by atoms with E-state index in [1.165, 1.54) is 12.2 Å². The Morgan fingerprint density at radius 2 is 2.29 bits per heavy atom. The highest BCUT2D eigenvalue weighted by atomic mass is 16.5. The monoisotopic (exact) mass is 196 g/mol. The van der Waals surface area contributed by atoms with Crippen LogP contribution in [-0.2, 0) is 9.53 Å². The van der Waals surface area contributed by atoms with Crippen LogP contribution in [0.1, 0.15) is 13.3 Å². The summed E-state index contributed by atoms with van der Waals surface area (Å²) in [4.78, 5) is 11.4. The number of cyclic esters (lactones) is 1. The zero-order valence-corrected chi connectivity index (χ0v) is 7.80. The summed E-state index contributed by atoms with van der Waals surface area (Å²) in [6.45, 7) is 1.77. The van der Waals surface area contributed by atoms with Gasteiger partial charge < -0.3 is 14.9 Å². The molecule has 3 unspecified atom stereocenters. The summed E-state index contributed by atoms with van der Waals surface area (Å²) in [6.07, 6.45) is 2.49. The third-order valence-electron chi connectivity index (χ3n) is 2.62. The zero-order chi connectivity index (χ0) is 10.3. The van der Waals surface area contributed by atoms with Crippen LogP contribution in [0.5, 0.6) is 0 Å². The Hall–Kier alpha value is -1.29. The van der Waals surface area contributed by atoms with Crippen molar-refractivity contribution in [3.8, 4) is 0 Å². The minimum atomic E-state index is -0.698. The molecule has 1 fully saturated rings. The van der Waals surface area contributed by atoms with E-state index in [4.69, 9.17) is 4.74 Å². The van der Waals surface area contributed by atoms with Gasteiger partial charge in [0.1, 0.15) is 11.9 Å². The molecule has 2 rings (SSSR count). The Bertz CT molecular complexity index is 329. The minimum Gasteiger partial charge on any atom is -0.507 e. The van der Waals surface area contributed by atoms with Crippen LogP contribution in [0.4, 0.5) is 0 Å². The average Bonchev–Trinajstić information content (AvgIpc) is 2.10. The number of hydrogen-bond donors (Lipinski definition) is 2.